The first kappa shape index (κ1) is 53.2. The van der Waals surface area contributed by atoms with E-state index in [0.717, 1.165) is 57.8 Å². The molecule has 0 radical (unpaired) electrons. The van der Waals surface area contributed by atoms with Gasteiger partial charge in [-0.2, -0.15) is 0 Å². The third kappa shape index (κ3) is 33.7. The van der Waals surface area contributed by atoms with Crippen molar-refractivity contribution in [2.45, 2.75) is 231 Å². The SMILES string of the molecule is CCCCCCCCCCCCCCCCCCCC(=O)OC[C@H](COP(=O)(O)OC[C@H](N)C(=O)O)OC(=O)CCCCCCC/C=C\CC1OC1CCCCC. The van der Waals surface area contributed by atoms with E-state index in [0.29, 0.717) is 25.0 Å². The minimum absolute atomic E-state index is 0.144. The molecule has 1 aliphatic rings. The standard InChI is InChI=1S/C44H82NO11P/c1-3-5-7-8-9-10-11-12-13-14-15-16-17-18-22-25-29-33-42(46)52-35-38(36-53-57(50,51)54-37-39(45)44(48)49)55-43(47)34-30-26-23-20-19-21-24-28-32-41-40(56-41)31-27-6-4-2/h24,28,38-41H,3-23,25-27,29-37,45H2,1-2H3,(H,48,49)(H,50,51)/b28-24-/t38-,39+,40?,41?/m1/s1. The van der Waals surface area contributed by atoms with E-state index >= 15 is 0 Å². The van der Waals surface area contributed by atoms with E-state index in [2.05, 4.69) is 30.5 Å². The highest BCUT2D eigenvalue weighted by Gasteiger charge is 2.36. The smallest absolute Gasteiger partial charge is 0.472 e. The fourth-order valence-electron chi connectivity index (χ4n) is 6.72. The van der Waals surface area contributed by atoms with Gasteiger partial charge in [0.25, 0.3) is 0 Å². The lowest BCUT2D eigenvalue weighted by atomic mass is 10.0. The molecule has 5 atom stereocenters. The summed E-state index contributed by atoms with van der Waals surface area (Å²) in [5.74, 6) is -2.39. The number of rotatable bonds is 42. The molecule has 13 heteroatoms. The van der Waals surface area contributed by atoms with Crippen LogP contribution in [0.2, 0.25) is 0 Å². The second-order valence-corrected chi connectivity index (χ2v) is 17.4. The number of unbranched alkanes of at least 4 members (excludes halogenated alkanes) is 23. The molecule has 4 N–H and O–H groups in total. The van der Waals surface area contributed by atoms with Gasteiger partial charge < -0.3 is 29.9 Å². The number of carbonyl (C=O) groups is 3. The molecule has 1 heterocycles. The second-order valence-electron chi connectivity index (χ2n) is 15.9. The van der Waals surface area contributed by atoms with E-state index in [-0.39, 0.29) is 19.4 Å². The van der Waals surface area contributed by atoms with Gasteiger partial charge in [-0.3, -0.25) is 23.4 Å². The Morgan fingerprint density at radius 2 is 1.11 bits per heavy atom. The van der Waals surface area contributed by atoms with Crippen LogP contribution < -0.4 is 5.73 Å². The molecular formula is C44H82NO11P. The third-order valence-electron chi connectivity index (χ3n) is 10.4. The van der Waals surface area contributed by atoms with Crippen molar-refractivity contribution in [3.63, 3.8) is 0 Å². The first-order chi connectivity index (χ1) is 27.6. The Labute approximate surface area is 345 Å². The molecule has 0 spiro atoms. The number of carbonyl (C=O) groups excluding carboxylic acids is 2. The van der Waals surface area contributed by atoms with E-state index in [4.69, 9.17) is 29.6 Å². The van der Waals surface area contributed by atoms with Gasteiger partial charge in [0.1, 0.15) is 12.6 Å². The van der Waals surface area contributed by atoms with Crippen molar-refractivity contribution in [1.29, 1.82) is 0 Å². The van der Waals surface area contributed by atoms with Gasteiger partial charge >= 0.3 is 25.7 Å². The summed E-state index contributed by atoms with van der Waals surface area (Å²) >= 11 is 0. The van der Waals surface area contributed by atoms with Crippen molar-refractivity contribution >= 4 is 25.7 Å². The fraction of sp³-hybridized carbons (Fsp3) is 0.886. The maximum absolute atomic E-state index is 12.6. The van der Waals surface area contributed by atoms with Crippen LogP contribution in [0.4, 0.5) is 0 Å². The quantitative estimate of drug-likeness (QED) is 0.0174. The summed E-state index contributed by atoms with van der Waals surface area (Å²) in [7, 11) is -4.72. The molecule has 0 saturated carbocycles. The Hall–Kier alpha value is -1.82. The van der Waals surface area contributed by atoms with E-state index in [1.807, 2.05) is 0 Å². The summed E-state index contributed by atoms with van der Waals surface area (Å²) in [5, 5.41) is 8.90. The van der Waals surface area contributed by atoms with Crippen LogP contribution in [0.3, 0.4) is 0 Å². The zero-order valence-corrected chi connectivity index (χ0v) is 36.8. The van der Waals surface area contributed by atoms with Crippen LogP contribution in [0.5, 0.6) is 0 Å². The average Bonchev–Trinajstić information content (AvgIpc) is 3.94. The Bertz CT molecular complexity index is 1090. The van der Waals surface area contributed by atoms with E-state index in [1.54, 1.807) is 0 Å². The van der Waals surface area contributed by atoms with Gasteiger partial charge in [-0.15, -0.1) is 0 Å². The van der Waals surface area contributed by atoms with Crippen LogP contribution >= 0.6 is 7.82 Å². The number of hydrogen-bond donors (Lipinski definition) is 3. The Morgan fingerprint density at radius 3 is 1.65 bits per heavy atom. The van der Waals surface area contributed by atoms with E-state index < -0.39 is 51.1 Å². The summed E-state index contributed by atoms with van der Waals surface area (Å²) in [6, 6.07) is -1.52. The second kappa shape index (κ2) is 36.1. The van der Waals surface area contributed by atoms with Crippen molar-refractivity contribution in [3.05, 3.63) is 12.2 Å². The molecule has 1 fully saturated rings. The van der Waals surface area contributed by atoms with Crippen molar-refractivity contribution < 1.29 is 52.2 Å². The molecule has 0 amide bonds. The molecular weight excluding hydrogens is 749 g/mol. The number of esters is 2. The Balaban J connectivity index is 2.25. The van der Waals surface area contributed by atoms with Crippen LogP contribution in [-0.4, -0.2) is 72.1 Å². The molecule has 1 rings (SSSR count). The normalized spacial score (nSPS) is 17.3. The minimum Gasteiger partial charge on any atom is -0.480 e. The fourth-order valence-corrected chi connectivity index (χ4v) is 7.50. The number of hydrogen-bond acceptors (Lipinski definition) is 10. The lowest BCUT2D eigenvalue weighted by Crippen LogP contribution is -2.34. The van der Waals surface area contributed by atoms with Crippen LogP contribution in [-0.2, 0) is 42.2 Å². The molecule has 0 aromatic carbocycles. The highest BCUT2D eigenvalue weighted by atomic mass is 31.2. The summed E-state index contributed by atoms with van der Waals surface area (Å²) in [4.78, 5) is 46.0. The molecule has 334 valence electrons. The summed E-state index contributed by atoms with van der Waals surface area (Å²) < 4.78 is 38.5. The van der Waals surface area contributed by atoms with Gasteiger partial charge in [0.2, 0.25) is 0 Å². The van der Waals surface area contributed by atoms with Gasteiger partial charge in [-0.1, -0.05) is 167 Å². The zero-order chi connectivity index (χ0) is 41.8. The van der Waals surface area contributed by atoms with Crippen molar-refractivity contribution in [3.8, 4) is 0 Å². The predicted molar refractivity (Wildman–Crippen MR) is 226 cm³/mol. The predicted octanol–water partition coefficient (Wildman–Crippen LogP) is 11.1. The van der Waals surface area contributed by atoms with Crippen LogP contribution in [0.25, 0.3) is 0 Å². The molecule has 1 saturated heterocycles. The number of carboxylic acid groups (broad SMARTS) is 1. The number of phosphoric ester groups is 1. The maximum atomic E-state index is 12.6. The first-order valence-corrected chi connectivity index (χ1v) is 24.3. The lowest BCUT2D eigenvalue weighted by Gasteiger charge is -2.20. The Kier molecular flexibility index (Phi) is 33.7. The molecule has 0 aliphatic carbocycles. The molecule has 12 nitrogen and oxygen atoms in total. The zero-order valence-electron chi connectivity index (χ0n) is 35.9. The van der Waals surface area contributed by atoms with Crippen molar-refractivity contribution in [1.82, 2.24) is 0 Å². The lowest BCUT2D eigenvalue weighted by molar-refractivity contribution is -0.161. The van der Waals surface area contributed by atoms with Crippen molar-refractivity contribution in [2.24, 2.45) is 5.73 Å². The highest BCUT2D eigenvalue weighted by Crippen LogP contribution is 2.43. The number of ether oxygens (including phenoxy) is 3. The average molecular weight is 832 g/mol. The largest absolute Gasteiger partial charge is 0.480 e. The minimum atomic E-state index is -4.72. The van der Waals surface area contributed by atoms with Crippen molar-refractivity contribution in [2.75, 3.05) is 19.8 Å². The molecule has 1 aliphatic heterocycles. The monoisotopic (exact) mass is 832 g/mol. The van der Waals surface area contributed by atoms with Gasteiger partial charge in [0, 0.05) is 12.8 Å². The van der Waals surface area contributed by atoms with Crippen LogP contribution in [0.15, 0.2) is 12.2 Å². The maximum Gasteiger partial charge on any atom is 0.472 e. The first-order valence-electron chi connectivity index (χ1n) is 22.8. The number of carboxylic acids is 1. The third-order valence-corrected chi connectivity index (χ3v) is 11.4. The summed E-state index contributed by atoms with van der Waals surface area (Å²) in [5.41, 5.74) is 5.34. The van der Waals surface area contributed by atoms with Gasteiger partial charge in [-0.25, -0.2) is 4.57 Å². The number of phosphoric acid groups is 1. The molecule has 0 aromatic rings. The highest BCUT2D eigenvalue weighted by molar-refractivity contribution is 7.47. The summed E-state index contributed by atoms with van der Waals surface area (Å²) in [6.45, 7) is 2.78. The molecule has 0 bridgehead atoms. The molecule has 3 unspecified atom stereocenters. The number of aliphatic carboxylic acids is 1. The Morgan fingerprint density at radius 1 is 0.632 bits per heavy atom. The van der Waals surface area contributed by atoms with Gasteiger partial charge in [0.05, 0.1) is 25.4 Å². The number of nitrogens with two attached hydrogens (primary N) is 1. The van der Waals surface area contributed by atoms with Gasteiger partial charge in [0.15, 0.2) is 6.10 Å². The van der Waals surface area contributed by atoms with E-state index in [9.17, 15) is 23.8 Å². The van der Waals surface area contributed by atoms with E-state index in [1.165, 1.54) is 109 Å². The topological polar surface area (TPSA) is 184 Å². The van der Waals surface area contributed by atoms with Gasteiger partial charge in [-0.05, 0) is 38.5 Å². The van der Waals surface area contributed by atoms with Crippen LogP contribution in [0.1, 0.15) is 206 Å². The molecule has 0 aromatic heterocycles. The number of epoxide rings is 1. The van der Waals surface area contributed by atoms with Crippen LogP contribution in [0, 0.1) is 0 Å². The molecule has 57 heavy (non-hydrogen) atoms. The number of allylic oxidation sites excluding steroid dienone is 1. The summed E-state index contributed by atoms with van der Waals surface area (Å²) in [6.07, 6.45) is 37.3.